The molecule has 0 atom stereocenters. The molecule has 2 rings (SSSR count). The van der Waals surface area contributed by atoms with Gasteiger partial charge < -0.3 is 4.74 Å². The molecule has 0 amide bonds. The highest BCUT2D eigenvalue weighted by Crippen LogP contribution is 2.15. The molecule has 5 heteroatoms. The van der Waals surface area contributed by atoms with Gasteiger partial charge in [-0.3, -0.25) is 4.79 Å². The van der Waals surface area contributed by atoms with Crippen molar-refractivity contribution in [3.63, 3.8) is 0 Å². The van der Waals surface area contributed by atoms with E-state index in [-0.39, 0.29) is 5.75 Å². The molecule has 0 aliphatic rings. The largest absolute Gasteiger partial charge is 0.450 e. The highest BCUT2D eigenvalue weighted by Gasteiger charge is 2.01. The first-order chi connectivity index (χ1) is 6.86. The number of aromatic amines is 1. The van der Waals surface area contributed by atoms with E-state index >= 15 is 0 Å². The molecule has 14 heavy (non-hydrogen) atoms. The molecule has 1 N–H and O–H groups in total. The second-order valence-corrected chi connectivity index (χ2v) is 2.56. The van der Waals surface area contributed by atoms with Crippen LogP contribution in [0.2, 0.25) is 0 Å². The highest BCUT2D eigenvalue weighted by atomic mass is 16.5. The van der Waals surface area contributed by atoms with Crippen molar-refractivity contribution in [2.24, 2.45) is 0 Å². The van der Waals surface area contributed by atoms with Gasteiger partial charge in [0, 0.05) is 0 Å². The van der Waals surface area contributed by atoms with E-state index in [4.69, 9.17) is 4.74 Å². The molecule has 0 aliphatic carbocycles. The molecule has 1 aromatic heterocycles. The second kappa shape index (κ2) is 3.69. The number of ether oxygens (including phenoxy) is 1. The molecule has 0 fully saturated rings. The van der Waals surface area contributed by atoms with Gasteiger partial charge in [-0.2, -0.15) is 0 Å². The van der Waals surface area contributed by atoms with Crippen molar-refractivity contribution >= 4 is 0 Å². The van der Waals surface area contributed by atoms with Crippen LogP contribution in [0.4, 0.5) is 0 Å². The van der Waals surface area contributed by atoms with Gasteiger partial charge in [0.15, 0.2) is 0 Å². The Balaban J connectivity index is 2.28. The van der Waals surface area contributed by atoms with E-state index in [2.05, 4.69) is 15.4 Å². The van der Waals surface area contributed by atoms with Crippen molar-refractivity contribution < 1.29 is 4.74 Å². The van der Waals surface area contributed by atoms with Gasteiger partial charge in [-0.15, -0.1) is 5.10 Å². The minimum Gasteiger partial charge on any atom is -0.450 e. The molecule has 0 spiro atoms. The number of nitrogens with zero attached hydrogens (tertiary/aromatic N) is 2. The van der Waals surface area contributed by atoms with Gasteiger partial charge in [0.2, 0.25) is 5.75 Å². The van der Waals surface area contributed by atoms with Crippen molar-refractivity contribution in [3.05, 3.63) is 46.9 Å². The van der Waals surface area contributed by atoms with Crippen LogP contribution in [0.5, 0.6) is 11.5 Å². The lowest BCUT2D eigenvalue weighted by molar-refractivity contribution is 0.466. The lowest BCUT2D eigenvalue weighted by Crippen LogP contribution is -2.10. The summed E-state index contributed by atoms with van der Waals surface area (Å²) in [6.07, 6.45) is 1.27. The number of hydrogen-bond donors (Lipinski definition) is 1. The first-order valence-electron chi connectivity index (χ1n) is 3.99. The summed E-state index contributed by atoms with van der Waals surface area (Å²) in [7, 11) is 0. The van der Waals surface area contributed by atoms with Crippen molar-refractivity contribution in [1.82, 2.24) is 15.4 Å². The first kappa shape index (κ1) is 8.43. The average molecular weight is 189 g/mol. The number of nitrogens with one attached hydrogen (secondary N) is 1. The van der Waals surface area contributed by atoms with Crippen LogP contribution in [0.3, 0.4) is 0 Å². The quantitative estimate of drug-likeness (QED) is 0.763. The predicted molar refractivity (Wildman–Crippen MR) is 49.2 cm³/mol. The monoisotopic (exact) mass is 189 g/mol. The van der Waals surface area contributed by atoms with E-state index in [1.807, 2.05) is 18.2 Å². The molecule has 1 heterocycles. The number of benzene rings is 1. The average Bonchev–Trinajstić information content (AvgIpc) is 2.23. The molecular weight excluding hydrogens is 182 g/mol. The standard InChI is InChI=1S/C9H7N3O2/c13-9-8(6-10-12-11-9)14-7-4-2-1-3-5-7/h1-6H,(H,10,11,13). The number of rotatable bonds is 2. The smallest absolute Gasteiger partial charge is 0.310 e. The lowest BCUT2D eigenvalue weighted by atomic mass is 10.3. The number of para-hydroxylation sites is 1. The number of aromatic nitrogens is 3. The van der Waals surface area contributed by atoms with Crippen molar-refractivity contribution in [1.29, 1.82) is 0 Å². The summed E-state index contributed by atoms with van der Waals surface area (Å²) in [5, 5.41) is 9.01. The van der Waals surface area contributed by atoms with Gasteiger partial charge in [0.25, 0.3) is 0 Å². The SMILES string of the molecule is O=c1[nH]nncc1Oc1ccccc1. The van der Waals surface area contributed by atoms with Gasteiger partial charge in [-0.05, 0) is 12.1 Å². The topological polar surface area (TPSA) is 67.9 Å². The van der Waals surface area contributed by atoms with E-state index in [0.717, 1.165) is 0 Å². The van der Waals surface area contributed by atoms with E-state index < -0.39 is 5.56 Å². The zero-order valence-electron chi connectivity index (χ0n) is 7.18. The van der Waals surface area contributed by atoms with Crippen LogP contribution >= 0.6 is 0 Å². The fraction of sp³-hybridized carbons (Fsp3) is 0. The van der Waals surface area contributed by atoms with Crippen LogP contribution in [0.25, 0.3) is 0 Å². The molecule has 1 aromatic carbocycles. The predicted octanol–water partition coefficient (Wildman–Crippen LogP) is 0.957. The van der Waals surface area contributed by atoms with Crippen LogP contribution in [0.15, 0.2) is 41.3 Å². The molecule has 0 radical (unpaired) electrons. The first-order valence-corrected chi connectivity index (χ1v) is 3.99. The second-order valence-electron chi connectivity index (χ2n) is 2.56. The summed E-state index contributed by atoms with van der Waals surface area (Å²) in [5.41, 5.74) is -0.399. The number of H-pyrrole nitrogens is 1. The Morgan fingerprint density at radius 3 is 2.71 bits per heavy atom. The zero-order chi connectivity index (χ0) is 9.80. The van der Waals surface area contributed by atoms with Gasteiger partial charge in [0.05, 0.1) is 6.20 Å². The summed E-state index contributed by atoms with van der Waals surface area (Å²) in [6, 6.07) is 9.00. The maximum atomic E-state index is 11.1. The fourth-order valence-corrected chi connectivity index (χ4v) is 0.958. The molecule has 70 valence electrons. The summed E-state index contributed by atoms with van der Waals surface area (Å²) < 4.78 is 5.26. The molecule has 0 bridgehead atoms. The van der Waals surface area contributed by atoms with Crippen LogP contribution in [0.1, 0.15) is 0 Å². The molecule has 2 aromatic rings. The van der Waals surface area contributed by atoms with E-state index in [1.54, 1.807) is 12.1 Å². The maximum Gasteiger partial charge on any atom is 0.310 e. The van der Waals surface area contributed by atoms with Gasteiger partial charge in [0.1, 0.15) is 5.75 Å². The molecule has 5 nitrogen and oxygen atoms in total. The molecule has 0 unspecified atom stereocenters. The minimum absolute atomic E-state index is 0.131. The summed E-state index contributed by atoms with van der Waals surface area (Å²) in [5.74, 6) is 0.720. The third-order valence-electron chi connectivity index (χ3n) is 1.58. The molecular formula is C9H7N3O2. The Morgan fingerprint density at radius 1 is 1.21 bits per heavy atom. The Morgan fingerprint density at radius 2 is 2.00 bits per heavy atom. The number of hydrogen-bond acceptors (Lipinski definition) is 4. The molecule has 0 aliphatic heterocycles. The Bertz CT molecular complexity index is 467. The van der Waals surface area contributed by atoms with Crippen molar-refractivity contribution in [3.8, 4) is 11.5 Å². The maximum absolute atomic E-state index is 11.1. The fourth-order valence-electron chi connectivity index (χ4n) is 0.958. The minimum atomic E-state index is -0.399. The van der Waals surface area contributed by atoms with E-state index in [1.165, 1.54) is 6.20 Å². The Hall–Kier alpha value is -2.17. The Labute approximate surface area is 79.4 Å². The Kier molecular flexibility index (Phi) is 2.22. The van der Waals surface area contributed by atoms with Crippen LogP contribution in [-0.4, -0.2) is 15.4 Å². The van der Waals surface area contributed by atoms with Crippen molar-refractivity contribution in [2.45, 2.75) is 0 Å². The van der Waals surface area contributed by atoms with Gasteiger partial charge in [-0.25, -0.2) is 5.10 Å². The summed E-state index contributed by atoms with van der Waals surface area (Å²) in [6.45, 7) is 0. The van der Waals surface area contributed by atoms with Gasteiger partial charge >= 0.3 is 5.56 Å². The third-order valence-corrected chi connectivity index (χ3v) is 1.58. The zero-order valence-corrected chi connectivity index (χ0v) is 7.18. The third kappa shape index (κ3) is 1.77. The van der Waals surface area contributed by atoms with E-state index in [9.17, 15) is 4.79 Å². The normalized spacial score (nSPS) is 9.71. The van der Waals surface area contributed by atoms with Crippen LogP contribution in [-0.2, 0) is 0 Å². The highest BCUT2D eigenvalue weighted by molar-refractivity contribution is 5.26. The lowest BCUT2D eigenvalue weighted by Gasteiger charge is -2.01. The van der Waals surface area contributed by atoms with Crippen molar-refractivity contribution in [2.75, 3.05) is 0 Å². The summed E-state index contributed by atoms with van der Waals surface area (Å²) >= 11 is 0. The van der Waals surface area contributed by atoms with Gasteiger partial charge in [-0.1, -0.05) is 23.4 Å². The van der Waals surface area contributed by atoms with Crippen LogP contribution < -0.4 is 10.3 Å². The molecule has 0 saturated carbocycles. The van der Waals surface area contributed by atoms with E-state index in [0.29, 0.717) is 5.75 Å². The molecule has 0 saturated heterocycles. The summed E-state index contributed by atoms with van der Waals surface area (Å²) in [4.78, 5) is 11.1. The van der Waals surface area contributed by atoms with Crippen LogP contribution in [0, 0.1) is 0 Å².